The second-order valence-electron chi connectivity index (χ2n) is 5.09. The van der Waals surface area contributed by atoms with E-state index in [0.29, 0.717) is 17.8 Å². The van der Waals surface area contributed by atoms with Crippen molar-refractivity contribution >= 4 is 5.91 Å². The Labute approximate surface area is 101 Å². The lowest BCUT2D eigenvalue weighted by molar-refractivity contribution is 0.0714. The first-order valence-corrected chi connectivity index (χ1v) is 6.34. The number of aryl methyl sites for hydroxylation is 1. The predicted octanol–water partition coefficient (Wildman–Crippen LogP) is 1.55. The van der Waals surface area contributed by atoms with Gasteiger partial charge in [-0.05, 0) is 38.3 Å². The van der Waals surface area contributed by atoms with E-state index in [1.807, 2.05) is 17.9 Å². The largest absolute Gasteiger partial charge is 0.456 e. The van der Waals surface area contributed by atoms with E-state index in [9.17, 15) is 4.79 Å². The van der Waals surface area contributed by atoms with Crippen LogP contribution >= 0.6 is 0 Å². The highest BCUT2D eigenvalue weighted by Gasteiger charge is 2.32. The molecule has 2 saturated heterocycles. The van der Waals surface area contributed by atoms with Crippen LogP contribution in [0.15, 0.2) is 16.5 Å². The first kappa shape index (κ1) is 10.8. The number of hydrogen-bond donors (Lipinski definition) is 1. The van der Waals surface area contributed by atoms with Crippen LogP contribution in [0.3, 0.4) is 0 Å². The quantitative estimate of drug-likeness (QED) is 0.802. The number of hydrogen-bond acceptors (Lipinski definition) is 3. The summed E-state index contributed by atoms with van der Waals surface area (Å²) in [4.78, 5) is 14.2. The molecule has 0 aromatic carbocycles. The molecule has 2 unspecified atom stereocenters. The summed E-state index contributed by atoms with van der Waals surface area (Å²) in [5, 5.41) is 3.57. The number of nitrogens with zero attached hydrogens (tertiary/aromatic N) is 1. The normalized spacial score (nSPS) is 28.2. The van der Waals surface area contributed by atoms with Crippen LogP contribution in [-0.2, 0) is 0 Å². The number of furan rings is 1. The number of carbonyl (C=O) groups excluding carboxylic acids is 1. The molecule has 1 amide bonds. The van der Waals surface area contributed by atoms with Crippen LogP contribution in [0.1, 0.15) is 35.6 Å². The third-order valence-corrected chi connectivity index (χ3v) is 3.76. The molecule has 2 aliphatic heterocycles. The van der Waals surface area contributed by atoms with Gasteiger partial charge >= 0.3 is 0 Å². The van der Waals surface area contributed by atoms with E-state index >= 15 is 0 Å². The molecule has 2 atom stereocenters. The van der Waals surface area contributed by atoms with Crippen molar-refractivity contribution in [1.82, 2.24) is 10.2 Å². The maximum Gasteiger partial charge on any atom is 0.289 e. The van der Waals surface area contributed by atoms with Crippen LogP contribution in [0.5, 0.6) is 0 Å². The van der Waals surface area contributed by atoms with E-state index in [1.165, 1.54) is 12.8 Å². The zero-order valence-corrected chi connectivity index (χ0v) is 10.1. The maximum absolute atomic E-state index is 12.2. The molecular weight excluding hydrogens is 216 g/mol. The molecule has 1 aromatic heterocycles. The minimum Gasteiger partial charge on any atom is -0.456 e. The van der Waals surface area contributed by atoms with Gasteiger partial charge in [-0.25, -0.2) is 0 Å². The van der Waals surface area contributed by atoms with Gasteiger partial charge in [0.05, 0.1) is 0 Å². The Kier molecular flexibility index (Phi) is 2.67. The lowest BCUT2D eigenvalue weighted by Crippen LogP contribution is -2.38. The van der Waals surface area contributed by atoms with Crippen LogP contribution < -0.4 is 5.32 Å². The Bertz CT molecular complexity index is 427. The highest BCUT2D eigenvalue weighted by atomic mass is 16.3. The van der Waals surface area contributed by atoms with Gasteiger partial charge in [0.25, 0.3) is 5.91 Å². The zero-order chi connectivity index (χ0) is 11.8. The summed E-state index contributed by atoms with van der Waals surface area (Å²) >= 11 is 0. The fourth-order valence-corrected chi connectivity index (χ4v) is 2.83. The summed E-state index contributed by atoms with van der Waals surface area (Å²) in [6.45, 7) is 3.52. The molecule has 0 aliphatic carbocycles. The van der Waals surface area contributed by atoms with Crippen molar-refractivity contribution in [3.63, 3.8) is 0 Å². The summed E-state index contributed by atoms with van der Waals surface area (Å²) in [6.07, 6.45) is 3.50. The highest BCUT2D eigenvalue weighted by molar-refractivity contribution is 5.91. The highest BCUT2D eigenvalue weighted by Crippen LogP contribution is 2.21. The van der Waals surface area contributed by atoms with Gasteiger partial charge in [0.1, 0.15) is 5.76 Å². The average Bonchev–Trinajstić information content (AvgIpc) is 2.84. The number of fused-ring (bicyclic) bond motifs is 2. The zero-order valence-electron chi connectivity index (χ0n) is 10.1. The minimum absolute atomic E-state index is 0.0347. The van der Waals surface area contributed by atoms with Gasteiger partial charge in [-0.15, -0.1) is 0 Å². The lowest BCUT2D eigenvalue weighted by atomic mass is 10.1. The Morgan fingerprint density at radius 3 is 2.94 bits per heavy atom. The average molecular weight is 234 g/mol. The summed E-state index contributed by atoms with van der Waals surface area (Å²) in [7, 11) is 0. The van der Waals surface area contributed by atoms with E-state index in [4.69, 9.17) is 4.42 Å². The molecule has 92 valence electrons. The third kappa shape index (κ3) is 2.09. The van der Waals surface area contributed by atoms with Crippen LogP contribution in [0.25, 0.3) is 0 Å². The van der Waals surface area contributed by atoms with Gasteiger partial charge in [-0.3, -0.25) is 4.79 Å². The van der Waals surface area contributed by atoms with Crippen molar-refractivity contribution in [3.8, 4) is 0 Å². The molecule has 0 radical (unpaired) electrons. The summed E-state index contributed by atoms with van der Waals surface area (Å²) in [5.74, 6) is 1.30. The van der Waals surface area contributed by atoms with Crippen molar-refractivity contribution in [3.05, 3.63) is 23.7 Å². The van der Waals surface area contributed by atoms with E-state index in [1.54, 1.807) is 6.07 Å². The van der Waals surface area contributed by atoms with E-state index in [0.717, 1.165) is 25.3 Å². The topological polar surface area (TPSA) is 45.5 Å². The predicted molar refractivity (Wildman–Crippen MR) is 63.9 cm³/mol. The minimum atomic E-state index is 0.0347. The van der Waals surface area contributed by atoms with E-state index in [-0.39, 0.29) is 5.91 Å². The maximum atomic E-state index is 12.2. The fraction of sp³-hybridized carbons (Fsp3) is 0.615. The molecule has 3 heterocycles. The van der Waals surface area contributed by atoms with Crippen LogP contribution in [0.2, 0.25) is 0 Å². The van der Waals surface area contributed by atoms with Crippen molar-refractivity contribution in [2.24, 2.45) is 0 Å². The molecule has 1 aromatic rings. The Morgan fingerprint density at radius 2 is 2.18 bits per heavy atom. The van der Waals surface area contributed by atoms with Crippen molar-refractivity contribution in [2.45, 2.75) is 38.3 Å². The van der Waals surface area contributed by atoms with Gasteiger partial charge in [0.2, 0.25) is 0 Å². The second-order valence-corrected chi connectivity index (χ2v) is 5.09. The van der Waals surface area contributed by atoms with Crippen molar-refractivity contribution in [2.75, 3.05) is 13.1 Å². The molecule has 2 fully saturated rings. The van der Waals surface area contributed by atoms with Gasteiger partial charge in [-0.1, -0.05) is 0 Å². The van der Waals surface area contributed by atoms with Gasteiger partial charge < -0.3 is 14.6 Å². The van der Waals surface area contributed by atoms with Crippen LogP contribution in [0.4, 0.5) is 0 Å². The Balaban J connectivity index is 1.73. The lowest BCUT2D eigenvalue weighted by Gasteiger charge is -2.23. The SMILES string of the molecule is Cc1ccc(C(=O)N2CCC3CCC(C2)N3)o1. The number of likely N-dealkylation sites (tertiary alicyclic amines) is 1. The van der Waals surface area contributed by atoms with Gasteiger partial charge in [0.15, 0.2) is 5.76 Å². The molecule has 4 heteroatoms. The molecular formula is C13H18N2O2. The third-order valence-electron chi connectivity index (χ3n) is 3.76. The Morgan fingerprint density at radius 1 is 1.35 bits per heavy atom. The molecule has 4 nitrogen and oxygen atoms in total. The molecule has 3 rings (SSSR count). The monoisotopic (exact) mass is 234 g/mol. The molecule has 2 aliphatic rings. The smallest absolute Gasteiger partial charge is 0.289 e. The molecule has 0 spiro atoms. The molecule has 0 saturated carbocycles. The number of amides is 1. The summed E-state index contributed by atoms with van der Waals surface area (Å²) < 4.78 is 5.41. The standard InChI is InChI=1S/C13H18N2O2/c1-9-2-5-12(17-9)13(16)15-7-6-10-3-4-11(8-15)14-10/h2,5,10-11,14H,3-4,6-8H2,1H3. The molecule has 17 heavy (non-hydrogen) atoms. The number of carbonyl (C=O) groups is 1. The first-order chi connectivity index (χ1) is 8.22. The van der Waals surface area contributed by atoms with Gasteiger partial charge in [-0.2, -0.15) is 0 Å². The van der Waals surface area contributed by atoms with Crippen LogP contribution in [-0.4, -0.2) is 36.0 Å². The number of nitrogens with one attached hydrogen (secondary N) is 1. The molecule has 2 bridgehead atoms. The second kappa shape index (κ2) is 4.18. The Hall–Kier alpha value is -1.29. The van der Waals surface area contributed by atoms with Crippen molar-refractivity contribution in [1.29, 1.82) is 0 Å². The van der Waals surface area contributed by atoms with Crippen LogP contribution in [0, 0.1) is 6.92 Å². The van der Waals surface area contributed by atoms with Gasteiger partial charge in [0, 0.05) is 25.2 Å². The summed E-state index contributed by atoms with van der Waals surface area (Å²) in [6, 6.07) is 4.70. The first-order valence-electron chi connectivity index (χ1n) is 6.34. The van der Waals surface area contributed by atoms with E-state index < -0.39 is 0 Å². The van der Waals surface area contributed by atoms with Crippen molar-refractivity contribution < 1.29 is 9.21 Å². The summed E-state index contributed by atoms with van der Waals surface area (Å²) in [5.41, 5.74) is 0. The number of rotatable bonds is 1. The van der Waals surface area contributed by atoms with E-state index in [2.05, 4.69) is 5.32 Å². The fourth-order valence-electron chi connectivity index (χ4n) is 2.83. The molecule has 1 N–H and O–H groups in total.